The fourth-order valence-electron chi connectivity index (χ4n) is 6.89. The number of phenols is 1. The molecule has 1 heterocycles. The van der Waals surface area contributed by atoms with Crippen molar-refractivity contribution < 1.29 is 29.6 Å². The number of aliphatic hydroxyl groups is 2. The summed E-state index contributed by atoms with van der Waals surface area (Å²) in [5.41, 5.74) is 3.36. The van der Waals surface area contributed by atoms with Gasteiger partial charge in [0.1, 0.15) is 5.75 Å². The summed E-state index contributed by atoms with van der Waals surface area (Å²) in [6.07, 6.45) is 9.16. The molecule has 3 aliphatic rings. The second kappa shape index (κ2) is 13.0. The van der Waals surface area contributed by atoms with E-state index < -0.39 is 23.9 Å². The Balaban J connectivity index is 1.57. The van der Waals surface area contributed by atoms with Crippen LogP contribution >= 0.6 is 0 Å². The smallest absolute Gasteiger partial charge is 0.234 e. The van der Waals surface area contributed by atoms with Crippen LogP contribution in [0.3, 0.4) is 0 Å². The highest BCUT2D eigenvalue weighted by Crippen LogP contribution is 2.47. The SMILES string of the molecule is CCC/C(=C\c1ccccc1O)CC[C@@H](O)C1=C(COC)C[C@H]2C(=O)N(C3CCCCC3)C(=O)[C@H]2[C@H]1CO. The Labute approximate surface area is 226 Å². The Morgan fingerprint density at radius 1 is 1.13 bits per heavy atom. The van der Waals surface area contributed by atoms with Crippen molar-refractivity contribution in [3.05, 3.63) is 46.5 Å². The molecule has 0 radical (unpaired) electrons. The zero-order valence-corrected chi connectivity index (χ0v) is 22.8. The van der Waals surface area contributed by atoms with Gasteiger partial charge in [-0.2, -0.15) is 0 Å². The van der Waals surface area contributed by atoms with Gasteiger partial charge in [-0.15, -0.1) is 0 Å². The summed E-state index contributed by atoms with van der Waals surface area (Å²) in [6, 6.07) is 7.14. The molecular formula is C31H43NO6. The minimum absolute atomic E-state index is 0.0518. The molecule has 4 rings (SSSR count). The molecule has 0 spiro atoms. The first kappa shape index (κ1) is 28.5. The molecule has 1 aliphatic heterocycles. The number of nitrogens with zero attached hydrogens (tertiary/aromatic N) is 1. The number of benzene rings is 1. The number of ether oxygens (including phenoxy) is 1. The lowest BCUT2D eigenvalue weighted by atomic mass is 9.68. The Morgan fingerprint density at radius 2 is 1.87 bits per heavy atom. The summed E-state index contributed by atoms with van der Waals surface area (Å²) in [4.78, 5) is 28.7. The molecule has 2 fully saturated rings. The van der Waals surface area contributed by atoms with Gasteiger partial charge in [-0.1, -0.05) is 62.5 Å². The van der Waals surface area contributed by atoms with Crippen molar-refractivity contribution in [2.45, 2.75) is 83.3 Å². The van der Waals surface area contributed by atoms with Crippen LogP contribution in [0.25, 0.3) is 6.08 Å². The minimum Gasteiger partial charge on any atom is -0.507 e. The third-order valence-corrected chi connectivity index (χ3v) is 8.64. The molecule has 3 N–H and O–H groups in total. The van der Waals surface area contributed by atoms with Gasteiger partial charge in [0.25, 0.3) is 0 Å². The molecule has 7 nitrogen and oxygen atoms in total. The summed E-state index contributed by atoms with van der Waals surface area (Å²) in [5.74, 6) is -1.82. The highest BCUT2D eigenvalue weighted by molar-refractivity contribution is 6.06. The Kier molecular flexibility index (Phi) is 9.80. The third kappa shape index (κ3) is 5.90. The zero-order chi connectivity index (χ0) is 27.2. The number of aromatic hydroxyl groups is 1. The van der Waals surface area contributed by atoms with Crippen LogP contribution in [0.4, 0.5) is 0 Å². The van der Waals surface area contributed by atoms with E-state index in [1.54, 1.807) is 19.2 Å². The molecule has 2 amide bonds. The average Bonchev–Trinajstić information content (AvgIpc) is 3.17. The first-order valence-electron chi connectivity index (χ1n) is 14.2. The maximum Gasteiger partial charge on any atom is 0.234 e. The van der Waals surface area contributed by atoms with Gasteiger partial charge in [-0.05, 0) is 55.7 Å². The van der Waals surface area contributed by atoms with E-state index in [2.05, 4.69) is 6.92 Å². The molecule has 4 atom stereocenters. The number of hydrogen-bond donors (Lipinski definition) is 3. The topological polar surface area (TPSA) is 107 Å². The van der Waals surface area contributed by atoms with Crippen LogP contribution < -0.4 is 0 Å². The van der Waals surface area contributed by atoms with Crippen molar-refractivity contribution >= 4 is 17.9 Å². The van der Waals surface area contributed by atoms with Crippen LogP contribution in [-0.2, 0) is 14.3 Å². The summed E-state index contributed by atoms with van der Waals surface area (Å²) >= 11 is 0. The van der Waals surface area contributed by atoms with Gasteiger partial charge in [0.15, 0.2) is 0 Å². The van der Waals surface area contributed by atoms with Crippen LogP contribution in [0.15, 0.2) is 41.0 Å². The Hall–Kier alpha value is -2.48. The number of carbonyl (C=O) groups is 2. The van der Waals surface area contributed by atoms with E-state index in [-0.39, 0.29) is 36.8 Å². The van der Waals surface area contributed by atoms with Gasteiger partial charge < -0.3 is 20.1 Å². The largest absolute Gasteiger partial charge is 0.507 e. The van der Waals surface area contributed by atoms with E-state index in [0.29, 0.717) is 24.8 Å². The van der Waals surface area contributed by atoms with Gasteiger partial charge in [0.05, 0.1) is 31.2 Å². The second-order valence-corrected chi connectivity index (χ2v) is 11.1. The predicted molar refractivity (Wildman–Crippen MR) is 146 cm³/mol. The van der Waals surface area contributed by atoms with Gasteiger partial charge in [0.2, 0.25) is 11.8 Å². The van der Waals surface area contributed by atoms with Crippen molar-refractivity contribution in [3.63, 3.8) is 0 Å². The van der Waals surface area contributed by atoms with Gasteiger partial charge in [-0.3, -0.25) is 14.5 Å². The number of methoxy groups -OCH3 is 1. The van der Waals surface area contributed by atoms with E-state index in [4.69, 9.17) is 4.74 Å². The lowest BCUT2D eigenvalue weighted by Gasteiger charge is -2.36. The number of allylic oxidation sites excluding steroid dienone is 1. The molecule has 38 heavy (non-hydrogen) atoms. The van der Waals surface area contributed by atoms with Crippen molar-refractivity contribution in [3.8, 4) is 5.75 Å². The number of amides is 2. The monoisotopic (exact) mass is 525 g/mol. The number of likely N-dealkylation sites (tertiary alicyclic amines) is 1. The lowest BCUT2D eigenvalue weighted by molar-refractivity contribution is -0.143. The van der Waals surface area contributed by atoms with Crippen LogP contribution in [0.2, 0.25) is 0 Å². The number of aliphatic hydroxyl groups excluding tert-OH is 2. The number of phenolic OH excluding ortho intramolecular Hbond substituents is 1. The predicted octanol–water partition coefficient (Wildman–Crippen LogP) is 4.61. The number of hydrogen-bond acceptors (Lipinski definition) is 6. The molecular weight excluding hydrogens is 482 g/mol. The third-order valence-electron chi connectivity index (χ3n) is 8.64. The van der Waals surface area contributed by atoms with Crippen LogP contribution in [0.5, 0.6) is 5.75 Å². The molecule has 208 valence electrons. The summed E-state index contributed by atoms with van der Waals surface area (Å²) in [7, 11) is 1.58. The van der Waals surface area contributed by atoms with Crippen molar-refractivity contribution in [1.29, 1.82) is 0 Å². The van der Waals surface area contributed by atoms with Crippen molar-refractivity contribution in [1.82, 2.24) is 4.90 Å². The minimum atomic E-state index is -0.866. The standard InChI is InChI=1S/C31H43NO6/c1-3-9-20(16-21-10-7-8-13-26(21)34)14-15-27(35)28-22(19-38-2)17-24-29(25(28)18-33)31(37)32(30(24)36)23-11-5-4-6-12-23/h7-8,10,13,16,23-25,27,29,33-35H,3-6,9,11-12,14-15,17-19H2,1-2H3/b20-16+/t24-,25+,27-,29-/m1/s1. The first-order valence-corrected chi connectivity index (χ1v) is 14.2. The van der Waals surface area contributed by atoms with Crippen LogP contribution in [0, 0.1) is 17.8 Å². The average molecular weight is 526 g/mol. The van der Waals surface area contributed by atoms with E-state index in [1.165, 1.54) is 4.90 Å². The molecule has 1 saturated heterocycles. The number of carbonyl (C=O) groups excluding carboxylic acids is 2. The molecule has 2 aliphatic carbocycles. The fraction of sp³-hybridized carbons (Fsp3) is 0.613. The second-order valence-electron chi connectivity index (χ2n) is 11.1. The molecule has 0 unspecified atom stereocenters. The highest BCUT2D eigenvalue weighted by atomic mass is 16.5. The highest BCUT2D eigenvalue weighted by Gasteiger charge is 2.56. The molecule has 1 aromatic rings. The summed E-state index contributed by atoms with van der Waals surface area (Å²) in [5, 5.41) is 32.2. The van der Waals surface area contributed by atoms with Crippen LogP contribution in [-0.4, -0.2) is 64.5 Å². The zero-order valence-electron chi connectivity index (χ0n) is 22.8. The lowest BCUT2D eigenvalue weighted by Crippen LogP contribution is -2.42. The van der Waals surface area contributed by atoms with Gasteiger partial charge in [-0.25, -0.2) is 0 Å². The molecule has 0 bridgehead atoms. The van der Waals surface area contributed by atoms with E-state index in [9.17, 15) is 24.9 Å². The van der Waals surface area contributed by atoms with E-state index >= 15 is 0 Å². The normalized spacial score (nSPS) is 25.7. The Morgan fingerprint density at radius 3 is 2.53 bits per heavy atom. The van der Waals surface area contributed by atoms with Gasteiger partial charge in [0, 0.05) is 24.6 Å². The molecule has 7 heteroatoms. The quantitative estimate of drug-likeness (QED) is 0.288. The number of para-hydroxylation sites is 1. The number of imide groups is 1. The van der Waals surface area contributed by atoms with Gasteiger partial charge >= 0.3 is 0 Å². The molecule has 1 saturated carbocycles. The Bertz CT molecular complexity index is 1060. The first-order chi connectivity index (χ1) is 18.4. The van der Waals surface area contributed by atoms with Crippen molar-refractivity contribution in [2.75, 3.05) is 20.3 Å². The maximum absolute atomic E-state index is 13.7. The number of rotatable bonds is 11. The van der Waals surface area contributed by atoms with Crippen molar-refractivity contribution in [2.24, 2.45) is 17.8 Å². The summed E-state index contributed by atoms with van der Waals surface area (Å²) in [6.45, 7) is 2.05. The van der Waals surface area contributed by atoms with E-state index in [0.717, 1.165) is 61.7 Å². The molecule has 0 aromatic heterocycles. The maximum atomic E-state index is 13.7. The summed E-state index contributed by atoms with van der Waals surface area (Å²) < 4.78 is 5.47. The van der Waals surface area contributed by atoms with E-state index in [1.807, 2.05) is 18.2 Å². The van der Waals surface area contributed by atoms with Crippen LogP contribution in [0.1, 0.15) is 76.7 Å². The number of fused-ring (bicyclic) bond motifs is 1. The fourth-order valence-corrected chi connectivity index (χ4v) is 6.89. The molecule has 1 aromatic carbocycles.